The largest absolute Gasteiger partial charge is 0.465 e. The van der Waals surface area contributed by atoms with E-state index in [1.807, 2.05) is 0 Å². The van der Waals surface area contributed by atoms with E-state index in [0.29, 0.717) is 36.9 Å². The maximum absolute atomic E-state index is 11.2. The van der Waals surface area contributed by atoms with Crippen molar-refractivity contribution in [3.8, 4) is 0 Å². The molecule has 2 saturated heterocycles. The van der Waals surface area contributed by atoms with Crippen LogP contribution in [0.2, 0.25) is 0 Å². The second-order valence-corrected chi connectivity index (χ2v) is 4.79. The van der Waals surface area contributed by atoms with Crippen LogP contribution in [0.1, 0.15) is 0 Å². The third-order valence-corrected chi connectivity index (χ3v) is 4.28. The maximum atomic E-state index is 11.2. The number of rotatable bonds is 1. The highest BCUT2D eigenvalue weighted by molar-refractivity contribution is 5.82. The second-order valence-electron chi connectivity index (χ2n) is 4.79. The average Bonchev–Trinajstić information content (AvgIpc) is 2.97. The minimum atomic E-state index is -0.0432. The quantitative estimate of drug-likeness (QED) is 0.543. The number of ether oxygens (including phenoxy) is 2. The molecular formula is C10H10O4. The Morgan fingerprint density at radius 1 is 0.857 bits per heavy atom. The summed E-state index contributed by atoms with van der Waals surface area (Å²) in [7, 11) is 0. The van der Waals surface area contributed by atoms with Gasteiger partial charge in [-0.2, -0.15) is 0 Å². The normalized spacial score (nSPS) is 57.4. The molecule has 4 fully saturated rings. The molecule has 0 spiro atoms. The lowest BCUT2D eigenvalue weighted by molar-refractivity contribution is -0.144. The van der Waals surface area contributed by atoms with Gasteiger partial charge in [-0.15, -0.1) is 0 Å². The van der Waals surface area contributed by atoms with Crippen molar-refractivity contribution in [3.05, 3.63) is 0 Å². The van der Waals surface area contributed by atoms with E-state index < -0.39 is 0 Å². The van der Waals surface area contributed by atoms with Crippen LogP contribution in [-0.4, -0.2) is 25.2 Å². The van der Waals surface area contributed by atoms with E-state index in [1.165, 1.54) is 0 Å². The van der Waals surface area contributed by atoms with Crippen molar-refractivity contribution >= 4 is 11.9 Å². The summed E-state index contributed by atoms with van der Waals surface area (Å²) < 4.78 is 9.83. The number of hydrogen-bond acceptors (Lipinski definition) is 4. The van der Waals surface area contributed by atoms with Crippen LogP contribution in [0.25, 0.3) is 0 Å². The van der Waals surface area contributed by atoms with Crippen LogP contribution >= 0.6 is 0 Å². The molecule has 4 aliphatic rings. The molecule has 4 rings (SSSR count). The first-order valence-corrected chi connectivity index (χ1v) is 5.12. The van der Waals surface area contributed by atoms with Gasteiger partial charge >= 0.3 is 11.9 Å². The molecule has 0 N–H and O–H groups in total. The van der Waals surface area contributed by atoms with E-state index in [-0.39, 0.29) is 23.8 Å². The molecule has 2 aliphatic carbocycles. The number of carbonyl (C=O) groups is 2. The molecular weight excluding hydrogens is 184 g/mol. The molecule has 14 heavy (non-hydrogen) atoms. The monoisotopic (exact) mass is 194 g/mol. The van der Waals surface area contributed by atoms with Crippen LogP contribution in [0.5, 0.6) is 0 Å². The Balaban J connectivity index is 1.54. The predicted molar refractivity (Wildman–Crippen MR) is 42.9 cm³/mol. The fourth-order valence-corrected chi connectivity index (χ4v) is 3.49. The van der Waals surface area contributed by atoms with Gasteiger partial charge in [0.2, 0.25) is 0 Å². The Kier molecular flexibility index (Phi) is 1.02. The van der Waals surface area contributed by atoms with E-state index in [1.54, 1.807) is 0 Å². The van der Waals surface area contributed by atoms with E-state index >= 15 is 0 Å². The summed E-state index contributed by atoms with van der Waals surface area (Å²) in [6.07, 6.45) is 0. The van der Waals surface area contributed by atoms with E-state index in [4.69, 9.17) is 9.47 Å². The highest BCUT2D eigenvalue weighted by Gasteiger charge is 2.74. The summed E-state index contributed by atoms with van der Waals surface area (Å²) in [6, 6.07) is 0. The number of cyclic esters (lactones) is 2. The third kappa shape index (κ3) is 0.645. The molecule has 0 aromatic rings. The Bertz CT molecular complexity index is 316. The summed E-state index contributed by atoms with van der Waals surface area (Å²) in [5.74, 6) is 1.89. The van der Waals surface area contributed by atoms with Gasteiger partial charge in [-0.05, 0) is 11.8 Å². The van der Waals surface area contributed by atoms with Crippen LogP contribution < -0.4 is 0 Å². The standard InChI is InChI=1S/C10H10O4/c11-9-7-3(1-13-9)5(7)6-4-2-14-10(12)8(4)6/h3-8H,1-2H2/t3-,4-,5?,6?,7-,8-/m0/s1. The lowest BCUT2D eigenvalue weighted by Gasteiger charge is -2.05. The highest BCUT2D eigenvalue weighted by atomic mass is 16.5. The molecule has 2 aliphatic heterocycles. The van der Waals surface area contributed by atoms with Crippen molar-refractivity contribution in [2.45, 2.75) is 0 Å². The van der Waals surface area contributed by atoms with Gasteiger partial charge in [-0.1, -0.05) is 0 Å². The summed E-state index contributed by atoms with van der Waals surface area (Å²) in [5, 5.41) is 0. The maximum Gasteiger partial charge on any atom is 0.309 e. The van der Waals surface area contributed by atoms with Gasteiger partial charge in [0.15, 0.2) is 0 Å². The molecule has 0 aromatic heterocycles. The Morgan fingerprint density at radius 3 is 1.57 bits per heavy atom. The van der Waals surface area contributed by atoms with E-state index in [2.05, 4.69) is 0 Å². The topological polar surface area (TPSA) is 52.6 Å². The molecule has 0 amide bonds. The average molecular weight is 194 g/mol. The van der Waals surface area contributed by atoms with Crippen LogP contribution in [0, 0.1) is 35.5 Å². The van der Waals surface area contributed by atoms with Gasteiger partial charge in [0, 0.05) is 11.8 Å². The van der Waals surface area contributed by atoms with Crippen molar-refractivity contribution in [1.82, 2.24) is 0 Å². The number of fused-ring (bicyclic) bond motifs is 2. The van der Waals surface area contributed by atoms with Gasteiger partial charge < -0.3 is 9.47 Å². The Hall–Kier alpha value is -1.06. The number of carbonyl (C=O) groups excluding carboxylic acids is 2. The first kappa shape index (κ1) is 7.26. The van der Waals surface area contributed by atoms with Crippen LogP contribution in [-0.2, 0) is 19.1 Å². The summed E-state index contributed by atoms with van der Waals surface area (Å²) in [6.45, 7) is 1.16. The van der Waals surface area contributed by atoms with E-state index in [9.17, 15) is 9.59 Å². The van der Waals surface area contributed by atoms with Gasteiger partial charge in [-0.3, -0.25) is 9.59 Å². The van der Waals surface area contributed by atoms with Gasteiger partial charge in [-0.25, -0.2) is 0 Å². The van der Waals surface area contributed by atoms with Crippen molar-refractivity contribution in [1.29, 1.82) is 0 Å². The molecule has 6 atom stereocenters. The van der Waals surface area contributed by atoms with Crippen molar-refractivity contribution in [2.75, 3.05) is 13.2 Å². The lowest BCUT2D eigenvalue weighted by Crippen LogP contribution is -2.12. The zero-order chi connectivity index (χ0) is 9.45. The van der Waals surface area contributed by atoms with Gasteiger partial charge in [0.05, 0.1) is 25.0 Å². The minimum Gasteiger partial charge on any atom is -0.465 e. The predicted octanol–water partition coefficient (Wildman–Crippen LogP) is -0.176. The van der Waals surface area contributed by atoms with E-state index in [0.717, 1.165) is 0 Å². The molecule has 2 unspecified atom stereocenters. The molecule has 2 saturated carbocycles. The number of esters is 2. The molecule has 4 heteroatoms. The zero-order valence-corrected chi connectivity index (χ0v) is 7.51. The summed E-state index contributed by atoms with van der Waals surface area (Å²) >= 11 is 0. The summed E-state index contributed by atoms with van der Waals surface area (Å²) in [4.78, 5) is 22.4. The lowest BCUT2D eigenvalue weighted by atomic mass is 10.1. The second kappa shape index (κ2) is 1.97. The van der Waals surface area contributed by atoms with Crippen LogP contribution in [0.3, 0.4) is 0 Å². The molecule has 2 heterocycles. The van der Waals surface area contributed by atoms with Crippen LogP contribution in [0.4, 0.5) is 0 Å². The molecule has 0 aromatic carbocycles. The zero-order valence-electron chi connectivity index (χ0n) is 7.51. The first-order valence-electron chi connectivity index (χ1n) is 5.12. The van der Waals surface area contributed by atoms with Crippen molar-refractivity contribution < 1.29 is 19.1 Å². The Morgan fingerprint density at radius 2 is 1.29 bits per heavy atom. The van der Waals surface area contributed by atoms with Gasteiger partial charge in [0.25, 0.3) is 0 Å². The molecule has 4 nitrogen and oxygen atoms in total. The first-order chi connectivity index (χ1) is 6.79. The minimum absolute atomic E-state index is 0.0432. The molecule has 0 bridgehead atoms. The molecule has 0 radical (unpaired) electrons. The highest BCUT2D eigenvalue weighted by Crippen LogP contribution is 2.68. The summed E-state index contributed by atoms with van der Waals surface area (Å²) in [5.41, 5.74) is 0. The molecule has 74 valence electrons. The Labute approximate surface area is 80.6 Å². The fourth-order valence-electron chi connectivity index (χ4n) is 3.49. The smallest absolute Gasteiger partial charge is 0.309 e. The third-order valence-electron chi connectivity index (χ3n) is 4.28. The van der Waals surface area contributed by atoms with Crippen molar-refractivity contribution in [2.24, 2.45) is 35.5 Å². The van der Waals surface area contributed by atoms with Crippen molar-refractivity contribution in [3.63, 3.8) is 0 Å². The number of hydrogen-bond donors (Lipinski definition) is 0. The van der Waals surface area contributed by atoms with Crippen LogP contribution in [0.15, 0.2) is 0 Å². The SMILES string of the molecule is O=C1OC[C@H]2C(C3[C@H]4C(=O)OC[C@@H]34)[C@@H]12. The van der Waals surface area contributed by atoms with Gasteiger partial charge in [0.1, 0.15) is 0 Å². The fraction of sp³-hybridized carbons (Fsp3) is 0.800.